The zero-order valence-electron chi connectivity index (χ0n) is 19.1. The molecule has 1 aliphatic rings. The van der Waals surface area contributed by atoms with Crippen molar-refractivity contribution in [3.63, 3.8) is 0 Å². The van der Waals surface area contributed by atoms with Crippen molar-refractivity contribution in [1.29, 1.82) is 0 Å². The fourth-order valence-electron chi connectivity index (χ4n) is 4.55. The number of nitrogens with one attached hydrogen (secondary N) is 2. The van der Waals surface area contributed by atoms with E-state index in [0.29, 0.717) is 40.6 Å². The predicted molar refractivity (Wildman–Crippen MR) is 129 cm³/mol. The largest absolute Gasteiger partial charge is 0.381 e. The molecule has 2 aromatic heterocycles. The van der Waals surface area contributed by atoms with Crippen molar-refractivity contribution in [2.24, 2.45) is 5.92 Å². The highest BCUT2D eigenvalue weighted by Crippen LogP contribution is 2.30. The van der Waals surface area contributed by atoms with E-state index in [2.05, 4.69) is 15.5 Å². The Labute approximate surface area is 197 Å². The van der Waals surface area contributed by atoms with Crippen LogP contribution < -0.4 is 5.32 Å². The van der Waals surface area contributed by atoms with Crippen LogP contribution in [0.25, 0.3) is 22.2 Å². The summed E-state index contributed by atoms with van der Waals surface area (Å²) < 4.78 is 10.8. The van der Waals surface area contributed by atoms with Crippen LogP contribution >= 0.6 is 0 Å². The van der Waals surface area contributed by atoms with E-state index in [-0.39, 0.29) is 11.7 Å². The number of aromatic amines is 1. The smallest absolute Gasteiger partial charge is 0.251 e. The zero-order valence-corrected chi connectivity index (χ0v) is 19.1. The summed E-state index contributed by atoms with van der Waals surface area (Å²) in [4.78, 5) is 29.3. The first-order chi connectivity index (χ1) is 16.6. The van der Waals surface area contributed by atoms with Gasteiger partial charge in [0.15, 0.2) is 0 Å². The van der Waals surface area contributed by atoms with Crippen molar-refractivity contribution in [3.05, 3.63) is 77.2 Å². The molecule has 7 heteroatoms. The lowest BCUT2D eigenvalue weighted by molar-refractivity contribution is 0.0636. The summed E-state index contributed by atoms with van der Waals surface area (Å²) in [5, 5.41) is 7.90. The molecule has 0 radical (unpaired) electrons. The third-order valence-corrected chi connectivity index (χ3v) is 6.50. The van der Waals surface area contributed by atoms with Gasteiger partial charge in [-0.05, 0) is 44.2 Å². The van der Waals surface area contributed by atoms with Gasteiger partial charge in [0.05, 0.1) is 5.56 Å². The maximum absolute atomic E-state index is 13.5. The number of amides is 1. The van der Waals surface area contributed by atoms with Gasteiger partial charge in [-0.3, -0.25) is 9.59 Å². The number of rotatable bonds is 7. The van der Waals surface area contributed by atoms with E-state index in [4.69, 9.17) is 9.26 Å². The van der Waals surface area contributed by atoms with Crippen molar-refractivity contribution in [2.75, 3.05) is 19.8 Å². The fraction of sp³-hybridized carbons (Fsp3) is 0.296. The van der Waals surface area contributed by atoms with Gasteiger partial charge >= 0.3 is 0 Å². The molecule has 2 N–H and O–H groups in total. The van der Waals surface area contributed by atoms with Gasteiger partial charge in [0.25, 0.3) is 5.91 Å². The van der Waals surface area contributed by atoms with Crippen LogP contribution in [0.15, 0.2) is 59.3 Å². The zero-order chi connectivity index (χ0) is 23.5. The van der Waals surface area contributed by atoms with Crippen molar-refractivity contribution in [1.82, 2.24) is 15.5 Å². The number of hydrogen-bond donors (Lipinski definition) is 2. The molecule has 0 spiro atoms. The average molecular weight is 458 g/mol. The third kappa shape index (κ3) is 4.39. The van der Waals surface area contributed by atoms with Crippen LogP contribution in [0.5, 0.6) is 0 Å². The molecule has 1 fully saturated rings. The Balaban J connectivity index is 1.34. The Morgan fingerprint density at radius 2 is 1.91 bits per heavy atom. The predicted octanol–water partition coefficient (Wildman–Crippen LogP) is 4.91. The first-order valence-electron chi connectivity index (χ1n) is 11.7. The van der Waals surface area contributed by atoms with Crippen molar-refractivity contribution < 1.29 is 18.8 Å². The first kappa shape index (κ1) is 22.1. The average Bonchev–Trinajstić information content (AvgIpc) is 3.48. The number of benzene rings is 2. The number of ether oxygens (including phenoxy) is 1. The summed E-state index contributed by atoms with van der Waals surface area (Å²) in [6.45, 7) is 4.00. The number of aromatic nitrogens is 2. The maximum atomic E-state index is 13.5. The van der Waals surface area contributed by atoms with Crippen LogP contribution in [-0.2, 0) is 4.74 Å². The number of ketones is 1. The SMILES string of the molecule is Cc1onc(-c2ccccc2)c1C(=O)c1c[nH]c2cc(C(=O)NCCC3CCOCC3)ccc12. The number of nitrogens with zero attached hydrogens (tertiary/aromatic N) is 1. The summed E-state index contributed by atoms with van der Waals surface area (Å²) >= 11 is 0. The molecule has 1 aliphatic heterocycles. The second kappa shape index (κ2) is 9.65. The molecule has 1 amide bonds. The first-order valence-corrected chi connectivity index (χ1v) is 11.7. The maximum Gasteiger partial charge on any atom is 0.251 e. The Morgan fingerprint density at radius 3 is 2.71 bits per heavy atom. The molecule has 0 atom stereocenters. The minimum Gasteiger partial charge on any atom is -0.381 e. The summed E-state index contributed by atoms with van der Waals surface area (Å²) in [5.41, 5.74) is 3.61. The summed E-state index contributed by atoms with van der Waals surface area (Å²) in [6.07, 6.45) is 4.75. The molecule has 0 saturated carbocycles. The highest BCUT2D eigenvalue weighted by molar-refractivity contribution is 6.19. The van der Waals surface area contributed by atoms with Gasteiger partial charge in [-0.25, -0.2) is 0 Å². The van der Waals surface area contributed by atoms with Gasteiger partial charge in [-0.1, -0.05) is 41.6 Å². The highest BCUT2D eigenvalue weighted by Gasteiger charge is 2.25. The van der Waals surface area contributed by atoms with Crippen molar-refractivity contribution in [3.8, 4) is 11.3 Å². The third-order valence-electron chi connectivity index (χ3n) is 6.50. The van der Waals surface area contributed by atoms with Crippen molar-refractivity contribution >= 4 is 22.6 Å². The van der Waals surface area contributed by atoms with Crippen LogP contribution in [0.3, 0.4) is 0 Å². The van der Waals surface area contributed by atoms with Crippen LogP contribution in [0.4, 0.5) is 0 Å². The Hall–Kier alpha value is -3.71. The number of H-pyrrole nitrogens is 1. The van der Waals surface area contributed by atoms with Gasteiger partial charge in [-0.15, -0.1) is 0 Å². The molecule has 34 heavy (non-hydrogen) atoms. The molecule has 174 valence electrons. The monoisotopic (exact) mass is 457 g/mol. The molecule has 0 unspecified atom stereocenters. The molecule has 2 aromatic carbocycles. The quantitative estimate of drug-likeness (QED) is 0.385. The highest BCUT2D eigenvalue weighted by atomic mass is 16.5. The van der Waals surface area contributed by atoms with E-state index in [1.54, 1.807) is 25.3 Å². The molecule has 0 aliphatic carbocycles. The second-order valence-electron chi connectivity index (χ2n) is 8.72. The number of carbonyl (C=O) groups excluding carboxylic acids is 2. The van der Waals surface area contributed by atoms with E-state index in [1.807, 2.05) is 36.4 Å². The van der Waals surface area contributed by atoms with Crippen LogP contribution in [0, 0.1) is 12.8 Å². The molecule has 1 saturated heterocycles. The molecule has 4 aromatic rings. The van der Waals surface area contributed by atoms with Crippen molar-refractivity contribution in [2.45, 2.75) is 26.2 Å². The van der Waals surface area contributed by atoms with E-state index in [1.165, 1.54) is 0 Å². The van der Waals surface area contributed by atoms with Gasteiger partial charge in [0, 0.05) is 53.5 Å². The normalized spacial score (nSPS) is 14.4. The van der Waals surface area contributed by atoms with E-state index in [0.717, 1.165) is 48.9 Å². The fourth-order valence-corrected chi connectivity index (χ4v) is 4.55. The Morgan fingerprint density at radius 1 is 1.12 bits per heavy atom. The minimum atomic E-state index is -0.169. The van der Waals surface area contributed by atoms with Gasteiger partial charge in [0.2, 0.25) is 5.78 Å². The summed E-state index contributed by atoms with van der Waals surface area (Å²) in [7, 11) is 0. The lowest BCUT2D eigenvalue weighted by Crippen LogP contribution is -2.27. The number of aryl methyl sites for hydroxylation is 1. The molecule has 0 bridgehead atoms. The standard InChI is InChI=1S/C27H27N3O4/c1-17-24(25(30-34-17)19-5-3-2-4-6-19)26(31)22-16-29-23-15-20(7-8-21(22)23)27(32)28-12-9-18-10-13-33-14-11-18/h2-8,15-16,18,29H,9-14H2,1H3,(H,28,32). The molecular weight excluding hydrogens is 430 g/mol. The van der Waals surface area contributed by atoms with Gasteiger partial charge < -0.3 is 19.6 Å². The lowest BCUT2D eigenvalue weighted by atomic mass is 9.96. The van der Waals surface area contributed by atoms with Crippen LogP contribution in [0.2, 0.25) is 0 Å². The van der Waals surface area contributed by atoms with Crippen LogP contribution in [0.1, 0.15) is 51.3 Å². The van der Waals surface area contributed by atoms with Gasteiger partial charge in [0.1, 0.15) is 11.5 Å². The molecular formula is C27H27N3O4. The minimum absolute atomic E-state index is 0.113. The number of fused-ring (bicyclic) bond motifs is 1. The summed E-state index contributed by atoms with van der Waals surface area (Å²) in [5.74, 6) is 0.795. The topological polar surface area (TPSA) is 97.2 Å². The summed E-state index contributed by atoms with van der Waals surface area (Å²) in [6, 6.07) is 14.9. The second-order valence-corrected chi connectivity index (χ2v) is 8.72. The van der Waals surface area contributed by atoms with Crippen LogP contribution in [-0.4, -0.2) is 41.6 Å². The van der Waals surface area contributed by atoms with E-state index in [9.17, 15) is 9.59 Å². The Kier molecular flexibility index (Phi) is 6.27. The Bertz CT molecular complexity index is 1320. The van der Waals surface area contributed by atoms with E-state index >= 15 is 0 Å². The van der Waals surface area contributed by atoms with E-state index < -0.39 is 0 Å². The molecule has 3 heterocycles. The molecule has 7 nitrogen and oxygen atoms in total. The lowest BCUT2D eigenvalue weighted by Gasteiger charge is -2.21. The number of carbonyl (C=O) groups is 2. The number of hydrogen-bond acceptors (Lipinski definition) is 5. The molecule has 5 rings (SSSR count). The van der Waals surface area contributed by atoms with Gasteiger partial charge in [-0.2, -0.15) is 0 Å².